The van der Waals surface area contributed by atoms with Crippen molar-refractivity contribution in [2.75, 3.05) is 13.6 Å². The van der Waals surface area contributed by atoms with E-state index >= 15 is 0 Å². The summed E-state index contributed by atoms with van der Waals surface area (Å²) in [5.41, 5.74) is 1.99. The maximum absolute atomic E-state index is 12.9. The SMILES string of the molecule is CC(CCC(=O)c1ccc(CN(Cc2ncc[nH]2)Cc2nccn2C)cc1)CCN(C)C1CCCCC1. The van der Waals surface area contributed by atoms with Crippen molar-refractivity contribution in [1.29, 1.82) is 0 Å². The van der Waals surface area contributed by atoms with Gasteiger partial charge in [0.05, 0.1) is 13.1 Å². The fourth-order valence-corrected chi connectivity index (χ4v) is 5.36. The predicted molar refractivity (Wildman–Crippen MR) is 148 cm³/mol. The number of hydrogen-bond donors (Lipinski definition) is 1. The number of aryl methyl sites for hydroxylation is 1. The Labute approximate surface area is 222 Å². The van der Waals surface area contributed by atoms with Crippen molar-refractivity contribution < 1.29 is 4.79 Å². The third-order valence-electron chi connectivity index (χ3n) is 7.93. The number of rotatable bonds is 14. The molecule has 1 saturated carbocycles. The second-order valence-corrected chi connectivity index (χ2v) is 11.0. The summed E-state index contributed by atoms with van der Waals surface area (Å²) in [6.45, 7) is 5.61. The van der Waals surface area contributed by atoms with Gasteiger partial charge in [0.1, 0.15) is 11.6 Å². The normalized spacial score (nSPS) is 15.5. The van der Waals surface area contributed by atoms with Crippen molar-refractivity contribution >= 4 is 5.78 Å². The van der Waals surface area contributed by atoms with Crippen LogP contribution >= 0.6 is 0 Å². The summed E-state index contributed by atoms with van der Waals surface area (Å²) in [7, 11) is 4.30. The lowest BCUT2D eigenvalue weighted by molar-refractivity contribution is 0.0972. The summed E-state index contributed by atoms with van der Waals surface area (Å²) in [4.78, 5) is 29.8. The van der Waals surface area contributed by atoms with Crippen molar-refractivity contribution in [2.24, 2.45) is 13.0 Å². The molecule has 200 valence electrons. The van der Waals surface area contributed by atoms with E-state index in [1.807, 2.05) is 42.3 Å². The van der Waals surface area contributed by atoms with Crippen molar-refractivity contribution in [3.05, 3.63) is 71.8 Å². The largest absolute Gasteiger partial charge is 0.348 e. The average Bonchev–Trinajstić information content (AvgIpc) is 3.58. The number of H-pyrrole nitrogens is 1. The maximum atomic E-state index is 12.9. The molecule has 1 N–H and O–H groups in total. The topological polar surface area (TPSA) is 70.0 Å². The number of nitrogens with zero attached hydrogens (tertiary/aromatic N) is 5. The van der Waals surface area contributed by atoms with E-state index in [1.165, 1.54) is 44.1 Å². The fraction of sp³-hybridized carbons (Fsp3) is 0.567. The number of Topliss-reactive ketones (excluding diaryl/α,β-unsaturated/α-hetero) is 1. The summed E-state index contributed by atoms with van der Waals surface area (Å²) < 4.78 is 2.05. The number of hydrogen-bond acceptors (Lipinski definition) is 5. The zero-order chi connectivity index (χ0) is 26.0. The van der Waals surface area contributed by atoms with Gasteiger partial charge in [0.2, 0.25) is 0 Å². The highest BCUT2D eigenvalue weighted by Crippen LogP contribution is 2.23. The lowest BCUT2D eigenvalue weighted by Gasteiger charge is -2.31. The van der Waals surface area contributed by atoms with Crippen molar-refractivity contribution in [3.63, 3.8) is 0 Å². The molecule has 1 aromatic carbocycles. The van der Waals surface area contributed by atoms with Crippen LogP contribution in [0.3, 0.4) is 0 Å². The van der Waals surface area contributed by atoms with Crippen LogP contribution in [0.25, 0.3) is 0 Å². The average molecular weight is 505 g/mol. The third kappa shape index (κ3) is 8.37. The van der Waals surface area contributed by atoms with Gasteiger partial charge in [0.15, 0.2) is 5.78 Å². The van der Waals surface area contributed by atoms with E-state index in [9.17, 15) is 4.79 Å². The van der Waals surface area contributed by atoms with Gasteiger partial charge >= 0.3 is 0 Å². The van der Waals surface area contributed by atoms with E-state index in [0.29, 0.717) is 18.9 Å². The highest BCUT2D eigenvalue weighted by molar-refractivity contribution is 5.96. The second-order valence-electron chi connectivity index (χ2n) is 11.0. The Morgan fingerprint density at radius 3 is 2.51 bits per heavy atom. The monoisotopic (exact) mass is 504 g/mol. The summed E-state index contributed by atoms with van der Waals surface area (Å²) in [6.07, 6.45) is 17.0. The molecule has 1 atom stereocenters. The molecule has 0 amide bonds. The number of carbonyl (C=O) groups is 1. The maximum Gasteiger partial charge on any atom is 0.162 e. The summed E-state index contributed by atoms with van der Waals surface area (Å²) in [6, 6.07) is 8.92. The minimum Gasteiger partial charge on any atom is -0.348 e. The van der Waals surface area contributed by atoms with Crippen molar-refractivity contribution in [3.8, 4) is 0 Å². The van der Waals surface area contributed by atoms with Gasteiger partial charge < -0.3 is 14.5 Å². The molecule has 0 aliphatic heterocycles. The molecule has 0 bridgehead atoms. The van der Waals surface area contributed by atoms with Crippen LogP contribution in [-0.2, 0) is 26.7 Å². The summed E-state index contributed by atoms with van der Waals surface area (Å²) in [5.74, 6) is 2.76. The molecule has 1 aliphatic rings. The van der Waals surface area contributed by atoms with Crippen LogP contribution in [0.5, 0.6) is 0 Å². The van der Waals surface area contributed by atoms with Crippen LogP contribution in [0.4, 0.5) is 0 Å². The number of ketones is 1. The van der Waals surface area contributed by atoms with Gasteiger partial charge in [-0.2, -0.15) is 0 Å². The molecule has 7 heteroatoms. The molecular weight excluding hydrogens is 460 g/mol. The molecule has 1 fully saturated rings. The standard InChI is InChI=1S/C30H44N6O/c1-24(15-19-34(2)27-7-5-4-6-8-27)9-14-28(37)26-12-10-25(11-13-26)21-36(22-29-31-16-17-32-29)23-30-33-18-20-35(30)3/h10-13,16-18,20,24,27H,4-9,14-15,19,21-23H2,1-3H3,(H,31,32). The highest BCUT2D eigenvalue weighted by Gasteiger charge is 2.19. The van der Waals surface area contributed by atoms with Gasteiger partial charge in [-0.3, -0.25) is 9.69 Å². The molecule has 3 aromatic rings. The number of aromatic amines is 1. The molecule has 37 heavy (non-hydrogen) atoms. The predicted octanol–water partition coefficient (Wildman–Crippen LogP) is 5.60. The lowest BCUT2D eigenvalue weighted by Crippen LogP contribution is -2.34. The van der Waals surface area contributed by atoms with Crippen LogP contribution in [-0.4, -0.2) is 54.7 Å². The molecule has 2 aromatic heterocycles. The Kier molecular flexibility index (Phi) is 10.1. The molecular formula is C30H44N6O. The Bertz CT molecular complexity index is 1070. The summed E-state index contributed by atoms with van der Waals surface area (Å²) >= 11 is 0. The Hall–Kier alpha value is -2.77. The van der Waals surface area contributed by atoms with Crippen LogP contribution in [0, 0.1) is 5.92 Å². The zero-order valence-electron chi connectivity index (χ0n) is 22.9. The first-order chi connectivity index (χ1) is 18.0. The minimum absolute atomic E-state index is 0.250. The van der Waals surface area contributed by atoms with Gasteiger partial charge in [-0.25, -0.2) is 9.97 Å². The molecule has 2 heterocycles. The smallest absolute Gasteiger partial charge is 0.162 e. The van der Waals surface area contributed by atoms with Crippen LogP contribution in [0.2, 0.25) is 0 Å². The molecule has 0 spiro atoms. The Balaban J connectivity index is 1.25. The number of benzene rings is 1. The van der Waals surface area contributed by atoms with Gasteiger partial charge in [-0.05, 0) is 50.8 Å². The molecule has 4 rings (SSSR count). The molecule has 0 saturated heterocycles. The van der Waals surface area contributed by atoms with Crippen LogP contribution in [0.15, 0.2) is 49.1 Å². The minimum atomic E-state index is 0.250. The third-order valence-corrected chi connectivity index (χ3v) is 7.93. The lowest BCUT2D eigenvalue weighted by atomic mass is 9.93. The van der Waals surface area contributed by atoms with Gasteiger partial charge in [-0.1, -0.05) is 50.5 Å². The van der Waals surface area contributed by atoms with E-state index < -0.39 is 0 Å². The molecule has 1 unspecified atom stereocenters. The van der Waals surface area contributed by atoms with E-state index in [0.717, 1.165) is 49.3 Å². The zero-order valence-corrected chi connectivity index (χ0v) is 22.9. The van der Waals surface area contributed by atoms with Crippen molar-refractivity contribution in [2.45, 2.75) is 84.0 Å². The number of imidazole rings is 2. The molecule has 0 radical (unpaired) electrons. The Morgan fingerprint density at radius 1 is 1.05 bits per heavy atom. The van der Waals surface area contributed by atoms with Crippen LogP contribution < -0.4 is 0 Å². The van der Waals surface area contributed by atoms with E-state index in [2.05, 4.69) is 50.9 Å². The second kappa shape index (κ2) is 13.7. The van der Waals surface area contributed by atoms with E-state index in [1.54, 1.807) is 6.20 Å². The van der Waals surface area contributed by atoms with Crippen LogP contribution in [0.1, 0.15) is 85.9 Å². The quantitative estimate of drug-likeness (QED) is 0.290. The Morgan fingerprint density at radius 2 is 1.84 bits per heavy atom. The summed E-state index contributed by atoms with van der Waals surface area (Å²) in [5, 5.41) is 0. The first kappa shape index (κ1) is 27.3. The number of aromatic nitrogens is 4. The first-order valence-corrected chi connectivity index (χ1v) is 14.0. The highest BCUT2D eigenvalue weighted by atomic mass is 16.1. The first-order valence-electron chi connectivity index (χ1n) is 14.0. The van der Waals surface area contributed by atoms with E-state index in [-0.39, 0.29) is 5.78 Å². The van der Waals surface area contributed by atoms with Gasteiger partial charge in [-0.15, -0.1) is 0 Å². The molecule has 7 nitrogen and oxygen atoms in total. The molecule has 1 aliphatic carbocycles. The number of nitrogens with one attached hydrogen (secondary N) is 1. The number of carbonyl (C=O) groups excluding carboxylic acids is 1. The van der Waals surface area contributed by atoms with Gasteiger partial charge in [0.25, 0.3) is 0 Å². The fourth-order valence-electron chi connectivity index (χ4n) is 5.36. The van der Waals surface area contributed by atoms with Gasteiger partial charge in [0, 0.05) is 56.4 Å². The van der Waals surface area contributed by atoms with Crippen molar-refractivity contribution in [1.82, 2.24) is 29.3 Å². The van der Waals surface area contributed by atoms with E-state index in [4.69, 9.17) is 0 Å².